The molecule has 0 atom stereocenters. The summed E-state index contributed by atoms with van der Waals surface area (Å²) in [5, 5.41) is -0.135. The molecule has 0 aliphatic heterocycles. The summed E-state index contributed by atoms with van der Waals surface area (Å²) in [6, 6.07) is 7.89. The number of ether oxygens (including phenoxy) is 1. The zero-order valence-corrected chi connectivity index (χ0v) is 12.6. The highest BCUT2D eigenvalue weighted by molar-refractivity contribution is 7.89. The molecule has 0 aromatic heterocycles. The van der Waals surface area contributed by atoms with Crippen molar-refractivity contribution >= 4 is 27.4 Å². The molecule has 1 aromatic carbocycles. The van der Waals surface area contributed by atoms with Gasteiger partial charge in [0.05, 0.1) is 4.90 Å². The van der Waals surface area contributed by atoms with E-state index in [4.69, 9.17) is 10.5 Å². The number of nitrogens with one attached hydrogen (secondary N) is 2. The summed E-state index contributed by atoms with van der Waals surface area (Å²) in [6.45, 7) is 5.67. The monoisotopic (exact) mass is 305 g/mol. The van der Waals surface area contributed by atoms with Crippen LogP contribution in [0.5, 0.6) is 0 Å². The Morgan fingerprint density at radius 3 is 2.16 bits per heavy atom. The highest BCUT2D eigenvalue weighted by atomic mass is 32.2. The summed E-state index contributed by atoms with van der Waals surface area (Å²) in [5.74, 6) is 0. The first-order valence-corrected chi connectivity index (χ1v) is 7.53. The molecule has 108 valence electrons. The molecule has 4 N–H and O–H groups in total. The topological polar surface area (TPSA) is 93.4 Å². The van der Waals surface area contributed by atoms with Crippen molar-refractivity contribution in [3.05, 3.63) is 30.3 Å². The van der Waals surface area contributed by atoms with Crippen LogP contribution in [0.15, 0.2) is 35.2 Å². The lowest BCUT2D eigenvalue weighted by atomic mass is 10.4. The van der Waals surface area contributed by atoms with E-state index in [1.54, 1.807) is 18.2 Å². The lowest BCUT2D eigenvalue weighted by Crippen LogP contribution is -2.44. The second-order valence-electron chi connectivity index (χ2n) is 3.19. The Morgan fingerprint density at radius 2 is 1.79 bits per heavy atom. The number of sulfonamides is 1. The van der Waals surface area contributed by atoms with Crippen molar-refractivity contribution in [3.63, 3.8) is 0 Å². The second kappa shape index (κ2) is 9.68. The molecule has 0 unspecified atom stereocenters. The van der Waals surface area contributed by atoms with E-state index in [0.29, 0.717) is 0 Å². The Morgan fingerprint density at radius 1 is 1.26 bits per heavy atom. The van der Waals surface area contributed by atoms with Crippen molar-refractivity contribution in [1.29, 1.82) is 0 Å². The molecule has 0 radical (unpaired) electrons. The summed E-state index contributed by atoms with van der Waals surface area (Å²) in [5.41, 5.74) is 7.23. The number of rotatable bonds is 5. The molecule has 8 heteroatoms. The van der Waals surface area contributed by atoms with Crippen LogP contribution in [0, 0.1) is 0 Å². The van der Waals surface area contributed by atoms with E-state index in [0.717, 1.165) is 13.2 Å². The number of hydrazine groups is 1. The molecule has 0 heterocycles. The lowest BCUT2D eigenvalue weighted by Gasteiger charge is -2.06. The van der Waals surface area contributed by atoms with E-state index in [2.05, 4.69) is 17.6 Å². The van der Waals surface area contributed by atoms with Gasteiger partial charge in [0, 0.05) is 13.2 Å². The average Bonchev–Trinajstić information content (AvgIpc) is 2.39. The first kappa shape index (κ1) is 17.8. The first-order valence-electron chi connectivity index (χ1n) is 5.64. The van der Waals surface area contributed by atoms with Gasteiger partial charge < -0.3 is 10.5 Å². The fourth-order valence-electron chi connectivity index (χ4n) is 0.980. The molecule has 19 heavy (non-hydrogen) atoms. The Labute approximate surface area is 119 Å². The summed E-state index contributed by atoms with van der Waals surface area (Å²) in [6.07, 6.45) is 0. The van der Waals surface area contributed by atoms with E-state index in [-0.39, 0.29) is 10.0 Å². The Balaban J connectivity index is 0.000000555. The number of benzene rings is 1. The van der Waals surface area contributed by atoms with Crippen molar-refractivity contribution < 1.29 is 13.2 Å². The van der Waals surface area contributed by atoms with Crippen LogP contribution in [0.3, 0.4) is 0 Å². The minimum atomic E-state index is -3.58. The zero-order valence-electron chi connectivity index (χ0n) is 10.9. The van der Waals surface area contributed by atoms with Gasteiger partial charge in [0.1, 0.15) is 0 Å². The van der Waals surface area contributed by atoms with Crippen LogP contribution in [0.2, 0.25) is 0 Å². The Kier molecular flexibility index (Phi) is 9.06. The predicted octanol–water partition coefficient (Wildman–Crippen LogP) is 0.756. The maximum atomic E-state index is 11.4. The molecular formula is C11H19N3O3S2. The molecule has 0 aliphatic carbocycles. The summed E-state index contributed by atoms with van der Waals surface area (Å²) < 4.78 is 27.7. The van der Waals surface area contributed by atoms with Crippen LogP contribution in [-0.4, -0.2) is 26.7 Å². The fraction of sp³-hybridized carbons (Fsp3) is 0.364. The standard InChI is InChI=1S/C7H9N3O2S2.C4H10O/c8-7(13)9-10-14(11,12)6-4-2-1-3-5-6;1-3-5-4-2/h1-5,10H,(H3,8,9,13);3-4H2,1-2H3. The van der Waals surface area contributed by atoms with Crippen LogP contribution in [0.25, 0.3) is 0 Å². The highest BCUT2D eigenvalue weighted by Crippen LogP contribution is 2.05. The van der Waals surface area contributed by atoms with Crippen molar-refractivity contribution in [2.75, 3.05) is 13.2 Å². The van der Waals surface area contributed by atoms with Gasteiger partial charge in [-0.25, -0.2) is 8.42 Å². The van der Waals surface area contributed by atoms with Gasteiger partial charge in [-0.15, -0.1) is 4.83 Å². The minimum absolute atomic E-state index is 0.135. The average molecular weight is 305 g/mol. The van der Waals surface area contributed by atoms with Crippen LogP contribution in [0.4, 0.5) is 0 Å². The fourth-order valence-corrected chi connectivity index (χ4v) is 1.97. The maximum Gasteiger partial charge on any atom is 0.257 e. The summed E-state index contributed by atoms with van der Waals surface area (Å²) in [4.78, 5) is 2.17. The van der Waals surface area contributed by atoms with E-state index < -0.39 is 10.0 Å². The van der Waals surface area contributed by atoms with Crippen molar-refractivity contribution in [3.8, 4) is 0 Å². The van der Waals surface area contributed by atoms with E-state index in [1.807, 2.05) is 18.7 Å². The quantitative estimate of drug-likeness (QED) is 0.549. The highest BCUT2D eigenvalue weighted by Gasteiger charge is 2.11. The second-order valence-corrected chi connectivity index (χ2v) is 5.31. The minimum Gasteiger partial charge on any atom is -0.382 e. The number of hydrogen-bond donors (Lipinski definition) is 3. The normalized spacial score (nSPS) is 10.2. The van der Waals surface area contributed by atoms with E-state index in [9.17, 15) is 8.42 Å². The SMILES string of the molecule is CCOCC.NC(=S)NNS(=O)(=O)c1ccccc1. The Hall–Kier alpha value is -1.22. The molecule has 0 fully saturated rings. The van der Waals surface area contributed by atoms with Crippen LogP contribution < -0.4 is 16.0 Å². The largest absolute Gasteiger partial charge is 0.382 e. The summed E-state index contributed by atoms with van der Waals surface area (Å²) in [7, 11) is -3.58. The summed E-state index contributed by atoms with van der Waals surface area (Å²) >= 11 is 4.45. The van der Waals surface area contributed by atoms with Crippen molar-refractivity contribution in [2.45, 2.75) is 18.7 Å². The molecular weight excluding hydrogens is 286 g/mol. The van der Waals surface area contributed by atoms with Gasteiger partial charge in [0.25, 0.3) is 10.0 Å². The van der Waals surface area contributed by atoms with Gasteiger partial charge in [-0.3, -0.25) is 5.43 Å². The number of hydrogen-bond acceptors (Lipinski definition) is 4. The molecule has 6 nitrogen and oxygen atoms in total. The third-order valence-corrected chi connectivity index (χ3v) is 3.14. The van der Waals surface area contributed by atoms with Gasteiger partial charge >= 0.3 is 0 Å². The van der Waals surface area contributed by atoms with Crippen LogP contribution in [0.1, 0.15) is 13.8 Å². The van der Waals surface area contributed by atoms with Gasteiger partial charge in [-0.2, -0.15) is 0 Å². The van der Waals surface area contributed by atoms with E-state index in [1.165, 1.54) is 12.1 Å². The molecule has 0 saturated heterocycles. The van der Waals surface area contributed by atoms with Crippen LogP contribution in [-0.2, 0) is 14.8 Å². The third-order valence-electron chi connectivity index (χ3n) is 1.77. The molecule has 0 amide bonds. The predicted molar refractivity (Wildman–Crippen MR) is 78.9 cm³/mol. The third kappa shape index (κ3) is 8.49. The van der Waals surface area contributed by atoms with Gasteiger partial charge in [0.15, 0.2) is 5.11 Å². The molecule has 0 saturated carbocycles. The van der Waals surface area contributed by atoms with E-state index >= 15 is 0 Å². The van der Waals surface area contributed by atoms with Crippen molar-refractivity contribution in [1.82, 2.24) is 10.3 Å². The smallest absolute Gasteiger partial charge is 0.257 e. The maximum absolute atomic E-state index is 11.4. The molecule has 0 spiro atoms. The number of thiocarbonyl (C=S) groups is 1. The molecule has 1 rings (SSSR count). The molecule has 0 bridgehead atoms. The molecule has 0 aliphatic rings. The van der Waals surface area contributed by atoms with Gasteiger partial charge in [0.2, 0.25) is 0 Å². The van der Waals surface area contributed by atoms with Gasteiger partial charge in [-0.05, 0) is 38.2 Å². The Bertz CT molecular complexity index is 461. The van der Waals surface area contributed by atoms with Gasteiger partial charge in [-0.1, -0.05) is 18.2 Å². The first-order chi connectivity index (χ1) is 8.94. The molecule has 1 aromatic rings. The van der Waals surface area contributed by atoms with Crippen LogP contribution >= 0.6 is 12.2 Å². The van der Waals surface area contributed by atoms with Crippen molar-refractivity contribution in [2.24, 2.45) is 5.73 Å². The zero-order chi connectivity index (χ0) is 14.7. The number of nitrogens with two attached hydrogens (primary N) is 1. The lowest BCUT2D eigenvalue weighted by molar-refractivity contribution is 0.162.